The van der Waals surface area contributed by atoms with Crippen LogP contribution in [0.3, 0.4) is 0 Å². The molecule has 63 valence electrons. The van der Waals surface area contributed by atoms with Crippen LogP contribution in [0.15, 0.2) is 23.1 Å². The number of hydrogen-bond donors (Lipinski definition) is 0. The fraction of sp³-hybridized carbons (Fsp3) is 0.333. The van der Waals surface area contributed by atoms with Crippen LogP contribution in [-0.4, -0.2) is 9.96 Å². The van der Waals surface area contributed by atoms with Gasteiger partial charge in [-0.15, -0.1) is 0 Å². The Balaban J connectivity index is 2.58. The highest BCUT2D eigenvalue weighted by Gasteiger charge is 2.12. The lowest BCUT2D eigenvalue weighted by molar-refractivity contribution is 0.701. The summed E-state index contributed by atoms with van der Waals surface area (Å²) in [6.07, 6.45) is 2.30. The first-order chi connectivity index (χ1) is 5.92. The number of fused-ring (bicyclic) bond motifs is 1. The molecule has 1 aromatic rings. The molecule has 1 unspecified atom stereocenters. The average molecular weight is 197 g/mol. The molecule has 1 aliphatic heterocycles. The molecule has 1 radical (unpaired) electrons. The Morgan fingerprint density at radius 2 is 2.50 bits per heavy atom. The van der Waals surface area contributed by atoms with Gasteiger partial charge in [0.15, 0.2) is 0 Å². The van der Waals surface area contributed by atoms with Gasteiger partial charge in [0.1, 0.15) is 10.2 Å². The van der Waals surface area contributed by atoms with E-state index in [0.717, 1.165) is 28.8 Å². The molecule has 0 bridgehead atoms. The van der Waals surface area contributed by atoms with Crippen LogP contribution in [0, 0.1) is 6.07 Å². The van der Waals surface area contributed by atoms with E-state index in [9.17, 15) is 4.21 Å². The van der Waals surface area contributed by atoms with Crippen LogP contribution in [0.5, 0.6) is 0 Å². The maximum Gasteiger partial charge on any atom is 0.125 e. The van der Waals surface area contributed by atoms with Gasteiger partial charge >= 0.3 is 0 Å². The quantitative estimate of drug-likeness (QED) is 0.616. The largest absolute Gasteiger partial charge is 0.205 e. The normalized spacial score (nSPS) is 21.5. The Kier molecular flexibility index (Phi) is 2.42. The number of rotatable bonds is 0. The van der Waals surface area contributed by atoms with E-state index in [0.29, 0.717) is 0 Å². The van der Waals surface area contributed by atoms with Crippen molar-refractivity contribution in [2.24, 2.45) is 0 Å². The minimum Gasteiger partial charge on any atom is -0.205 e. The average Bonchev–Trinajstić information content (AvgIpc) is 2.17. The summed E-state index contributed by atoms with van der Waals surface area (Å²) in [7, 11) is 0.650. The molecule has 3 heteroatoms. The summed E-state index contributed by atoms with van der Waals surface area (Å²) >= 11 is 0. The minimum absolute atomic E-state index is 0.0967. The van der Waals surface area contributed by atoms with Gasteiger partial charge in [-0.1, -0.05) is 21.6 Å². The highest BCUT2D eigenvalue weighted by molar-refractivity contribution is 8.31. The van der Waals surface area contributed by atoms with Crippen molar-refractivity contribution in [1.29, 1.82) is 0 Å². The molecule has 0 amide bonds. The zero-order chi connectivity index (χ0) is 8.39. The van der Waals surface area contributed by atoms with Crippen molar-refractivity contribution in [2.75, 3.05) is 5.75 Å². The minimum atomic E-state index is -0.0967. The summed E-state index contributed by atoms with van der Waals surface area (Å²) < 4.78 is 10.8. The molecular formula is C9H9OS2. The topological polar surface area (TPSA) is 17.1 Å². The second kappa shape index (κ2) is 3.54. The van der Waals surface area contributed by atoms with Crippen LogP contribution in [0.25, 0.3) is 0 Å². The van der Waals surface area contributed by atoms with Gasteiger partial charge in [0.2, 0.25) is 0 Å². The first-order valence-corrected chi connectivity index (χ1v) is 6.57. The fourth-order valence-electron chi connectivity index (χ4n) is 1.44. The van der Waals surface area contributed by atoms with Crippen LogP contribution >= 0.6 is 0 Å². The standard InChI is InChI=1S/C9H9OS2/c10-11-12-7-3-5-8-4-1-2-6-9(8)12/h1,4,6H,3,5,7H2. The predicted octanol–water partition coefficient (Wildman–Crippen LogP) is 1.54. The molecule has 1 atom stereocenters. The van der Waals surface area contributed by atoms with Crippen molar-refractivity contribution in [1.82, 2.24) is 0 Å². The zero-order valence-corrected chi connectivity index (χ0v) is 8.21. The summed E-state index contributed by atoms with van der Waals surface area (Å²) in [5, 5.41) is 0. The molecular weight excluding hydrogens is 188 g/mol. The Bertz CT molecular complexity index is 353. The van der Waals surface area contributed by atoms with Gasteiger partial charge < -0.3 is 0 Å². The van der Waals surface area contributed by atoms with Crippen LogP contribution in [0.2, 0.25) is 0 Å². The van der Waals surface area contributed by atoms with Crippen LogP contribution in [0.1, 0.15) is 12.0 Å². The molecule has 1 heterocycles. The van der Waals surface area contributed by atoms with Crippen LogP contribution in [0.4, 0.5) is 0 Å². The van der Waals surface area contributed by atoms with E-state index in [1.54, 1.807) is 0 Å². The van der Waals surface area contributed by atoms with Gasteiger partial charge in [-0.25, -0.2) is 4.21 Å². The maximum atomic E-state index is 10.8. The van der Waals surface area contributed by atoms with Crippen LogP contribution < -0.4 is 0 Å². The lowest BCUT2D eigenvalue weighted by Crippen LogP contribution is -2.09. The number of benzene rings is 1. The van der Waals surface area contributed by atoms with E-state index >= 15 is 0 Å². The molecule has 0 spiro atoms. The van der Waals surface area contributed by atoms with Gasteiger partial charge in [0, 0.05) is 10.6 Å². The molecule has 0 saturated heterocycles. The molecule has 1 aromatic carbocycles. The summed E-state index contributed by atoms with van der Waals surface area (Å²) in [5.41, 5.74) is 1.35. The molecule has 1 nitrogen and oxygen atoms in total. The van der Waals surface area contributed by atoms with Gasteiger partial charge in [0.25, 0.3) is 0 Å². The molecule has 1 aliphatic rings. The van der Waals surface area contributed by atoms with E-state index in [2.05, 4.69) is 12.1 Å². The fourth-order valence-corrected chi connectivity index (χ4v) is 4.11. The lowest BCUT2D eigenvalue weighted by Gasteiger charge is -2.15. The molecule has 0 aromatic heterocycles. The number of aryl methyl sites for hydroxylation is 1. The van der Waals surface area contributed by atoms with Crippen molar-refractivity contribution in [3.05, 3.63) is 29.8 Å². The van der Waals surface area contributed by atoms with Crippen molar-refractivity contribution >= 4 is 19.7 Å². The zero-order valence-electron chi connectivity index (χ0n) is 6.58. The molecule has 0 saturated carbocycles. The summed E-state index contributed by atoms with van der Waals surface area (Å²) in [6.45, 7) is 0. The van der Waals surface area contributed by atoms with E-state index < -0.39 is 0 Å². The van der Waals surface area contributed by atoms with Crippen molar-refractivity contribution < 1.29 is 4.21 Å². The van der Waals surface area contributed by atoms with E-state index in [1.807, 2.05) is 12.1 Å². The first kappa shape index (κ1) is 8.20. The lowest BCUT2D eigenvalue weighted by atomic mass is 10.1. The smallest absolute Gasteiger partial charge is 0.125 e. The SMILES string of the molecule is O=S=S1CCCc2cc[c]cc21. The first-order valence-electron chi connectivity index (χ1n) is 3.92. The molecule has 0 fully saturated rings. The van der Waals surface area contributed by atoms with Crippen molar-refractivity contribution in [2.45, 2.75) is 17.7 Å². The Labute approximate surface area is 77.5 Å². The van der Waals surface area contributed by atoms with Crippen molar-refractivity contribution in [3.8, 4) is 0 Å². The molecule has 0 N–H and O–H groups in total. The monoisotopic (exact) mass is 197 g/mol. The van der Waals surface area contributed by atoms with Gasteiger partial charge in [0.05, 0.1) is 0 Å². The predicted molar refractivity (Wildman–Crippen MR) is 52.2 cm³/mol. The van der Waals surface area contributed by atoms with E-state index in [4.69, 9.17) is 0 Å². The van der Waals surface area contributed by atoms with Gasteiger partial charge in [-0.2, -0.15) is 0 Å². The highest BCUT2D eigenvalue weighted by atomic mass is 32.8. The molecule has 2 rings (SSSR count). The van der Waals surface area contributed by atoms with Crippen molar-refractivity contribution in [3.63, 3.8) is 0 Å². The second-order valence-electron chi connectivity index (χ2n) is 2.76. The Hall–Kier alpha value is -0.410. The van der Waals surface area contributed by atoms with Gasteiger partial charge in [-0.05, 0) is 30.5 Å². The highest BCUT2D eigenvalue weighted by Crippen LogP contribution is 2.21. The Morgan fingerprint density at radius 3 is 3.33 bits per heavy atom. The molecule has 0 aliphatic carbocycles. The molecule has 12 heavy (non-hydrogen) atoms. The maximum absolute atomic E-state index is 10.8. The third-order valence-electron chi connectivity index (χ3n) is 2.01. The third kappa shape index (κ3) is 1.39. The number of hydrogen-bond acceptors (Lipinski definition) is 1. The Morgan fingerprint density at radius 1 is 1.58 bits per heavy atom. The van der Waals surface area contributed by atoms with Gasteiger partial charge in [-0.3, -0.25) is 0 Å². The summed E-state index contributed by atoms with van der Waals surface area (Å²) in [6, 6.07) is 9.03. The van der Waals surface area contributed by atoms with E-state index in [-0.39, 0.29) is 9.45 Å². The van der Waals surface area contributed by atoms with Crippen LogP contribution in [-0.2, 0) is 26.1 Å². The summed E-state index contributed by atoms with van der Waals surface area (Å²) in [4.78, 5) is 1.24. The summed E-state index contributed by atoms with van der Waals surface area (Å²) in [5.74, 6) is 1.05. The van der Waals surface area contributed by atoms with E-state index in [1.165, 1.54) is 10.5 Å². The second-order valence-corrected chi connectivity index (χ2v) is 6.05. The third-order valence-corrected chi connectivity index (χ3v) is 5.24.